The van der Waals surface area contributed by atoms with Crippen LogP contribution in [0.4, 0.5) is 0 Å². The largest absolute Gasteiger partial charge is 0.497 e. The minimum Gasteiger partial charge on any atom is -0.497 e. The van der Waals surface area contributed by atoms with Crippen molar-refractivity contribution < 1.29 is 14.6 Å². The van der Waals surface area contributed by atoms with E-state index in [9.17, 15) is 9.90 Å². The number of hydrogen-bond donors (Lipinski definition) is 3. The van der Waals surface area contributed by atoms with Crippen molar-refractivity contribution in [3.8, 4) is 5.75 Å². The molecule has 0 radical (unpaired) electrons. The number of fused-ring (bicyclic) bond motifs is 1. The van der Waals surface area contributed by atoms with Crippen molar-refractivity contribution in [1.82, 2.24) is 10.3 Å². The van der Waals surface area contributed by atoms with E-state index in [1.165, 1.54) is 0 Å². The summed E-state index contributed by atoms with van der Waals surface area (Å²) in [6.45, 7) is 0.262. The first kappa shape index (κ1) is 15.9. The Hall–Kier alpha value is -2.01. The standard InChI is InChI=1S/C18H24N2O3/c1-23-15-6-7-17-16(9-15)13(10-19-17)8-18(22)20-14-4-2-12(11-21)3-5-14/h6-7,9-10,12,14,19,21H,2-5,8,11H2,1H3,(H,20,22). The van der Waals surface area contributed by atoms with Gasteiger partial charge in [-0.25, -0.2) is 0 Å². The minimum absolute atomic E-state index is 0.0566. The van der Waals surface area contributed by atoms with Crippen LogP contribution in [0.2, 0.25) is 0 Å². The number of carbonyl (C=O) groups is 1. The maximum atomic E-state index is 12.3. The van der Waals surface area contributed by atoms with Gasteiger partial charge < -0.3 is 20.1 Å². The quantitative estimate of drug-likeness (QED) is 0.793. The number of ether oxygens (including phenoxy) is 1. The van der Waals surface area contributed by atoms with Crippen molar-refractivity contribution in [1.29, 1.82) is 0 Å². The zero-order valence-corrected chi connectivity index (χ0v) is 13.5. The molecule has 0 atom stereocenters. The zero-order valence-electron chi connectivity index (χ0n) is 13.5. The van der Waals surface area contributed by atoms with E-state index in [0.29, 0.717) is 12.3 Å². The van der Waals surface area contributed by atoms with Crippen LogP contribution in [0.1, 0.15) is 31.2 Å². The Morgan fingerprint density at radius 2 is 2.13 bits per heavy atom. The molecule has 23 heavy (non-hydrogen) atoms. The second-order valence-electron chi connectivity index (χ2n) is 6.37. The van der Waals surface area contributed by atoms with Gasteiger partial charge in [0.25, 0.3) is 0 Å². The van der Waals surface area contributed by atoms with Gasteiger partial charge in [-0.15, -0.1) is 0 Å². The van der Waals surface area contributed by atoms with E-state index < -0.39 is 0 Å². The average Bonchev–Trinajstić information content (AvgIpc) is 2.97. The van der Waals surface area contributed by atoms with Gasteiger partial charge in [-0.1, -0.05) is 0 Å². The predicted molar refractivity (Wildman–Crippen MR) is 89.5 cm³/mol. The number of methoxy groups -OCH3 is 1. The van der Waals surface area contributed by atoms with Gasteiger partial charge in [-0.2, -0.15) is 0 Å². The number of hydrogen-bond acceptors (Lipinski definition) is 3. The number of amides is 1. The predicted octanol–water partition coefficient (Wildman–Crippen LogP) is 2.39. The molecule has 1 aromatic heterocycles. The molecule has 1 heterocycles. The van der Waals surface area contributed by atoms with Crippen molar-refractivity contribution in [2.24, 2.45) is 5.92 Å². The topological polar surface area (TPSA) is 74.4 Å². The first-order chi connectivity index (χ1) is 11.2. The molecule has 124 valence electrons. The summed E-state index contributed by atoms with van der Waals surface area (Å²) in [6.07, 6.45) is 6.16. The number of nitrogens with one attached hydrogen (secondary N) is 2. The van der Waals surface area contributed by atoms with E-state index in [1.807, 2.05) is 24.4 Å². The molecule has 5 nitrogen and oxygen atoms in total. The minimum atomic E-state index is 0.0566. The summed E-state index contributed by atoms with van der Waals surface area (Å²) in [6, 6.07) is 6.07. The number of aliphatic hydroxyl groups excluding tert-OH is 1. The van der Waals surface area contributed by atoms with Crippen LogP contribution in [0.3, 0.4) is 0 Å². The Kier molecular flexibility index (Phi) is 4.86. The number of aromatic nitrogens is 1. The van der Waals surface area contributed by atoms with Crippen LogP contribution in [0.25, 0.3) is 10.9 Å². The molecule has 3 N–H and O–H groups in total. The molecule has 3 rings (SSSR count). The van der Waals surface area contributed by atoms with E-state index in [4.69, 9.17) is 4.74 Å². The van der Waals surface area contributed by atoms with Crippen molar-refractivity contribution in [3.05, 3.63) is 30.0 Å². The second-order valence-corrected chi connectivity index (χ2v) is 6.37. The molecule has 1 amide bonds. The van der Waals surface area contributed by atoms with Crippen LogP contribution in [0, 0.1) is 5.92 Å². The summed E-state index contributed by atoms with van der Waals surface area (Å²) >= 11 is 0. The van der Waals surface area contributed by atoms with E-state index >= 15 is 0 Å². The number of H-pyrrole nitrogens is 1. The lowest BCUT2D eigenvalue weighted by molar-refractivity contribution is -0.121. The van der Waals surface area contributed by atoms with Gasteiger partial charge in [-0.3, -0.25) is 4.79 Å². The molecular weight excluding hydrogens is 292 g/mol. The second kappa shape index (κ2) is 7.04. The lowest BCUT2D eigenvalue weighted by Gasteiger charge is -2.27. The lowest BCUT2D eigenvalue weighted by Crippen LogP contribution is -2.38. The highest BCUT2D eigenvalue weighted by Gasteiger charge is 2.22. The van der Waals surface area contributed by atoms with Gasteiger partial charge in [0.1, 0.15) is 5.75 Å². The Bertz CT molecular complexity index is 672. The lowest BCUT2D eigenvalue weighted by atomic mass is 9.86. The molecule has 1 aliphatic rings. The monoisotopic (exact) mass is 316 g/mol. The molecular formula is C18H24N2O3. The Balaban J connectivity index is 1.62. The summed E-state index contributed by atoms with van der Waals surface area (Å²) in [7, 11) is 1.64. The van der Waals surface area contributed by atoms with E-state index in [1.54, 1.807) is 7.11 Å². The zero-order chi connectivity index (χ0) is 16.2. The number of benzene rings is 1. The molecule has 0 saturated heterocycles. The number of aromatic amines is 1. The van der Waals surface area contributed by atoms with Crippen molar-refractivity contribution >= 4 is 16.8 Å². The third-order valence-corrected chi connectivity index (χ3v) is 4.80. The summed E-state index contributed by atoms with van der Waals surface area (Å²) in [5.74, 6) is 1.26. The molecule has 1 aliphatic carbocycles. The van der Waals surface area contributed by atoms with Crippen LogP contribution in [0.15, 0.2) is 24.4 Å². The van der Waals surface area contributed by atoms with Crippen LogP contribution in [0.5, 0.6) is 5.75 Å². The molecule has 1 fully saturated rings. The van der Waals surface area contributed by atoms with E-state index in [0.717, 1.165) is 47.9 Å². The molecule has 2 aromatic rings. The molecule has 1 saturated carbocycles. The molecule has 0 bridgehead atoms. The highest BCUT2D eigenvalue weighted by molar-refractivity contribution is 5.89. The maximum Gasteiger partial charge on any atom is 0.224 e. The van der Waals surface area contributed by atoms with E-state index in [2.05, 4.69) is 10.3 Å². The van der Waals surface area contributed by atoms with Crippen molar-refractivity contribution in [3.63, 3.8) is 0 Å². The third-order valence-electron chi connectivity index (χ3n) is 4.80. The number of aliphatic hydroxyl groups is 1. The van der Waals surface area contributed by atoms with Crippen molar-refractivity contribution in [2.45, 2.75) is 38.1 Å². The van der Waals surface area contributed by atoms with Gasteiger partial charge in [0.05, 0.1) is 13.5 Å². The Morgan fingerprint density at radius 3 is 2.83 bits per heavy atom. The fourth-order valence-electron chi connectivity index (χ4n) is 3.37. The van der Waals surface area contributed by atoms with Crippen LogP contribution in [-0.2, 0) is 11.2 Å². The smallest absolute Gasteiger partial charge is 0.224 e. The molecule has 0 unspecified atom stereocenters. The summed E-state index contributed by atoms with van der Waals surface area (Å²) in [4.78, 5) is 15.5. The van der Waals surface area contributed by atoms with Crippen LogP contribution >= 0.6 is 0 Å². The first-order valence-corrected chi connectivity index (χ1v) is 8.24. The van der Waals surface area contributed by atoms with Gasteiger partial charge in [0, 0.05) is 29.7 Å². The SMILES string of the molecule is COc1ccc2[nH]cc(CC(=O)NC3CCC(CO)CC3)c2c1. The first-order valence-electron chi connectivity index (χ1n) is 8.24. The normalized spacial score (nSPS) is 21.3. The fraction of sp³-hybridized carbons (Fsp3) is 0.500. The van der Waals surface area contributed by atoms with Crippen molar-refractivity contribution in [2.75, 3.05) is 13.7 Å². The fourth-order valence-corrected chi connectivity index (χ4v) is 3.37. The number of rotatable bonds is 5. The molecule has 5 heteroatoms. The van der Waals surface area contributed by atoms with Gasteiger partial charge in [0.2, 0.25) is 5.91 Å². The van der Waals surface area contributed by atoms with Gasteiger partial charge >= 0.3 is 0 Å². The molecule has 0 aliphatic heterocycles. The average molecular weight is 316 g/mol. The Labute approximate surface area is 136 Å². The summed E-state index contributed by atoms with van der Waals surface area (Å²) < 4.78 is 5.26. The van der Waals surface area contributed by atoms with Gasteiger partial charge in [-0.05, 0) is 55.4 Å². The summed E-state index contributed by atoms with van der Waals surface area (Å²) in [5.41, 5.74) is 2.00. The third kappa shape index (κ3) is 3.67. The number of carbonyl (C=O) groups excluding carboxylic acids is 1. The molecule has 1 aromatic carbocycles. The van der Waals surface area contributed by atoms with E-state index in [-0.39, 0.29) is 18.6 Å². The maximum absolute atomic E-state index is 12.3. The van der Waals surface area contributed by atoms with Gasteiger partial charge in [0.15, 0.2) is 0 Å². The highest BCUT2D eigenvalue weighted by Crippen LogP contribution is 2.25. The molecule has 0 spiro atoms. The summed E-state index contributed by atoms with van der Waals surface area (Å²) in [5, 5.41) is 13.3. The highest BCUT2D eigenvalue weighted by atomic mass is 16.5. The van der Waals surface area contributed by atoms with Crippen LogP contribution < -0.4 is 10.1 Å². The Morgan fingerprint density at radius 1 is 1.35 bits per heavy atom. The van der Waals surface area contributed by atoms with Crippen LogP contribution in [-0.4, -0.2) is 35.8 Å².